The lowest BCUT2D eigenvalue weighted by atomic mass is 10.0. The monoisotopic (exact) mass is 368 g/mol. The maximum absolute atomic E-state index is 6.23. The van der Waals surface area contributed by atoms with Crippen LogP contribution in [0.3, 0.4) is 0 Å². The number of nitrogens with one attached hydrogen (secondary N) is 1. The normalized spacial score (nSPS) is 16.8. The summed E-state index contributed by atoms with van der Waals surface area (Å²) in [5.74, 6) is 0. The quantitative estimate of drug-likeness (QED) is 0.575. The standard InChI is InChI=1S/C17H21ClN2OS2/c1-3-20-14-7-10-22-17(14)16(19-8-4-9-21-2)13-6-5-12(18)11-15(13)23-20/h5-7,10-11,16,19H,3-4,8-9H2,1-2H3. The molecule has 0 amide bonds. The van der Waals surface area contributed by atoms with Crippen molar-refractivity contribution in [2.75, 3.05) is 31.1 Å². The second kappa shape index (κ2) is 7.90. The van der Waals surface area contributed by atoms with E-state index in [1.165, 1.54) is 21.0 Å². The third-order valence-electron chi connectivity index (χ3n) is 3.86. The number of hydrogen-bond acceptors (Lipinski definition) is 5. The van der Waals surface area contributed by atoms with E-state index >= 15 is 0 Å². The van der Waals surface area contributed by atoms with Crippen LogP contribution in [-0.2, 0) is 4.74 Å². The van der Waals surface area contributed by atoms with E-state index in [9.17, 15) is 0 Å². The molecule has 0 spiro atoms. The average molecular weight is 369 g/mol. The summed E-state index contributed by atoms with van der Waals surface area (Å²) < 4.78 is 7.51. The number of nitrogens with zero attached hydrogens (tertiary/aromatic N) is 1. The first-order valence-corrected chi connectivity index (χ1v) is 9.82. The third-order valence-corrected chi connectivity index (χ3v) is 6.29. The van der Waals surface area contributed by atoms with Gasteiger partial charge in [-0.05, 0) is 61.0 Å². The predicted molar refractivity (Wildman–Crippen MR) is 101 cm³/mol. The zero-order valence-electron chi connectivity index (χ0n) is 13.3. The molecule has 1 aliphatic rings. The Bertz CT molecular complexity index is 662. The van der Waals surface area contributed by atoms with Crippen molar-refractivity contribution in [3.8, 4) is 0 Å². The smallest absolute Gasteiger partial charge is 0.0703 e. The Labute approximate surface area is 151 Å². The first-order chi connectivity index (χ1) is 11.2. The Morgan fingerprint density at radius 3 is 3.00 bits per heavy atom. The molecular formula is C17H21ClN2OS2. The van der Waals surface area contributed by atoms with Crippen LogP contribution in [0.5, 0.6) is 0 Å². The molecule has 23 heavy (non-hydrogen) atoms. The molecule has 1 unspecified atom stereocenters. The number of rotatable bonds is 6. The van der Waals surface area contributed by atoms with Crippen LogP contribution in [-0.4, -0.2) is 26.8 Å². The molecular weight excluding hydrogens is 348 g/mol. The lowest BCUT2D eigenvalue weighted by Crippen LogP contribution is -2.24. The molecule has 0 aliphatic carbocycles. The van der Waals surface area contributed by atoms with E-state index in [1.807, 2.05) is 17.4 Å². The van der Waals surface area contributed by atoms with Crippen LogP contribution in [0.1, 0.15) is 29.8 Å². The van der Waals surface area contributed by atoms with E-state index in [2.05, 4.69) is 40.1 Å². The van der Waals surface area contributed by atoms with Crippen molar-refractivity contribution in [3.05, 3.63) is 45.1 Å². The highest BCUT2D eigenvalue weighted by Crippen LogP contribution is 2.46. The molecule has 3 rings (SSSR count). The number of ether oxygens (including phenoxy) is 1. The lowest BCUT2D eigenvalue weighted by molar-refractivity contribution is 0.193. The number of benzene rings is 1. The van der Waals surface area contributed by atoms with Crippen LogP contribution in [0.25, 0.3) is 0 Å². The zero-order valence-corrected chi connectivity index (χ0v) is 15.7. The minimum Gasteiger partial charge on any atom is -0.385 e. The molecule has 1 aromatic heterocycles. The molecule has 0 saturated heterocycles. The van der Waals surface area contributed by atoms with Crippen molar-refractivity contribution in [1.29, 1.82) is 0 Å². The Morgan fingerprint density at radius 2 is 2.22 bits per heavy atom. The van der Waals surface area contributed by atoms with Crippen LogP contribution in [0.4, 0.5) is 5.69 Å². The van der Waals surface area contributed by atoms with Gasteiger partial charge in [0.1, 0.15) is 0 Å². The highest BCUT2D eigenvalue weighted by molar-refractivity contribution is 8.00. The molecule has 6 heteroatoms. The summed E-state index contributed by atoms with van der Waals surface area (Å²) in [6, 6.07) is 8.64. The van der Waals surface area contributed by atoms with Crippen molar-refractivity contribution in [2.45, 2.75) is 24.3 Å². The maximum atomic E-state index is 6.23. The van der Waals surface area contributed by atoms with E-state index < -0.39 is 0 Å². The van der Waals surface area contributed by atoms with Crippen molar-refractivity contribution in [1.82, 2.24) is 5.32 Å². The van der Waals surface area contributed by atoms with Gasteiger partial charge in [0, 0.05) is 30.2 Å². The van der Waals surface area contributed by atoms with Crippen molar-refractivity contribution < 1.29 is 4.74 Å². The van der Waals surface area contributed by atoms with Gasteiger partial charge in [-0.15, -0.1) is 11.3 Å². The van der Waals surface area contributed by atoms with Crippen LogP contribution in [0.15, 0.2) is 34.5 Å². The highest BCUT2D eigenvalue weighted by atomic mass is 35.5. The molecule has 1 N–H and O–H groups in total. The van der Waals surface area contributed by atoms with Gasteiger partial charge < -0.3 is 14.4 Å². The first kappa shape index (κ1) is 17.1. The van der Waals surface area contributed by atoms with E-state index in [-0.39, 0.29) is 6.04 Å². The molecule has 3 nitrogen and oxygen atoms in total. The Morgan fingerprint density at radius 1 is 1.35 bits per heavy atom. The van der Waals surface area contributed by atoms with Crippen LogP contribution in [0.2, 0.25) is 5.02 Å². The summed E-state index contributed by atoms with van der Waals surface area (Å²) in [5.41, 5.74) is 2.61. The Balaban J connectivity index is 1.97. The third kappa shape index (κ3) is 3.69. The fourth-order valence-electron chi connectivity index (χ4n) is 2.77. The fraction of sp³-hybridized carbons (Fsp3) is 0.412. The van der Waals surface area contributed by atoms with Crippen molar-refractivity contribution in [3.63, 3.8) is 0 Å². The molecule has 124 valence electrons. The van der Waals surface area contributed by atoms with Gasteiger partial charge in [0.2, 0.25) is 0 Å². The van der Waals surface area contributed by atoms with E-state index in [1.54, 1.807) is 19.1 Å². The van der Waals surface area contributed by atoms with Crippen molar-refractivity contribution >= 4 is 40.6 Å². The molecule has 0 saturated carbocycles. The highest BCUT2D eigenvalue weighted by Gasteiger charge is 2.28. The summed E-state index contributed by atoms with van der Waals surface area (Å²) in [6.45, 7) is 4.84. The van der Waals surface area contributed by atoms with Crippen LogP contribution >= 0.6 is 34.9 Å². The van der Waals surface area contributed by atoms with Gasteiger partial charge in [-0.25, -0.2) is 0 Å². The largest absolute Gasteiger partial charge is 0.385 e. The number of hydrogen-bond donors (Lipinski definition) is 1. The van der Waals surface area contributed by atoms with Crippen LogP contribution in [0, 0.1) is 0 Å². The predicted octanol–water partition coefficient (Wildman–Crippen LogP) is 4.96. The maximum Gasteiger partial charge on any atom is 0.0703 e. The number of fused-ring (bicyclic) bond motifs is 2. The Kier molecular flexibility index (Phi) is 5.88. The average Bonchev–Trinajstić information content (AvgIpc) is 2.98. The summed E-state index contributed by atoms with van der Waals surface area (Å²) in [5, 5.41) is 6.67. The Hall–Kier alpha value is -0.720. The molecule has 1 aromatic carbocycles. The van der Waals surface area contributed by atoms with E-state index in [0.29, 0.717) is 0 Å². The molecule has 2 heterocycles. The van der Waals surface area contributed by atoms with Gasteiger partial charge in [0.15, 0.2) is 0 Å². The van der Waals surface area contributed by atoms with Gasteiger partial charge in [-0.1, -0.05) is 17.7 Å². The summed E-state index contributed by atoms with van der Waals surface area (Å²) in [7, 11) is 1.75. The van der Waals surface area contributed by atoms with E-state index in [4.69, 9.17) is 16.3 Å². The molecule has 1 aliphatic heterocycles. The van der Waals surface area contributed by atoms with E-state index in [0.717, 1.165) is 31.1 Å². The van der Waals surface area contributed by atoms with Gasteiger partial charge in [-0.2, -0.15) is 0 Å². The lowest BCUT2D eigenvalue weighted by Gasteiger charge is -2.20. The topological polar surface area (TPSA) is 24.5 Å². The molecule has 2 aromatic rings. The molecule has 0 radical (unpaired) electrons. The minimum atomic E-state index is 0.207. The SMILES string of the molecule is CCN1Sc2cc(Cl)ccc2C(NCCCOC)c2sccc21. The number of methoxy groups -OCH3 is 1. The van der Waals surface area contributed by atoms with Gasteiger partial charge in [0.05, 0.1) is 16.6 Å². The number of anilines is 1. The zero-order chi connectivity index (χ0) is 16.2. The first-order valence-electron chi connectivity index (χ1n) is 7.79. The van der Waals surface area contributed by atoms with Gasteiger partial charge >= 0.3 is 0 Å². The fourth-order valence-corrected chi connectivity index (χ4v) is 5.15. The molecule has 0 fully saturated rings. The second-order valence-corrected chi connectivity index (χ2v) is 7.82. The van der Waals surface area contributed by atoms with Gasteiger partial charge in [0.25, 0.3) is 0 Å². The summed E-state index contributed by atoms with van der Waals surface area (Å²) in [6.07, 6.45) is 1.00. The number of halogens is 1. The molecule has 0 bridgehead atoms. The molecule has 1 atom stereocenters. The summed E-state index contributed by atoms with van der Waals surface area (Å²) >= 11 is 9.83. The summed E-state index contributed by atoms with van der Waals surface area (Å²) in [4.78, 5) is 2.60. The van der Waals surface area contributed by atoms with Crippen LogP contribution < -0.4 is 9.62 Å². The second-order valence-electron chi connectivity index (χ2n) is 5.37. The minimum absolute atomic E-state index is 0.207. The number of thiophene rings is 1. The van der Waals surface area contributed by atoms with Crippen molar-refractivity contribution in [2.24, 2.45) is 0 Å². The van der Waals surface area contributed by atoms with Gasteiger partial charge in [-0.3, -0.25) is 0 Å².